The van der Waals surface area contributed by atoms with Crippen LogP contribution < -0.4 is 10.6 Å². The summed E-state index contributed by atoms with van der Waals surface area (Å²) in [6.45, 7) is 7.96. The van der Waals surface area contributed by atoms with Gasteiger partial charge in [0.05, 0.1) is 6.04 Å². The Morgan fingerprint density at radius 1 is 1.24 bits per heavy atom. The number of carbonyl (C=O) groups is 1. The van der Waals surface area contributed by atoms with Gasteiger partial charge in [-0.25, -0.2) is 0 Å². The molecule has 0 aliphatic rings. The van der Waals surface area contributed by atoms with E-state index in [1.54, 1.807) is 12.1 Å². The molecule has 0 saturated heterocycles. The first kappa shape index (κ1) is 18.3. The predicted octanol–water partition coefficient (Wildman–Crippen LogP) is 4.34. The van der Waals surface area contributed by atoms with Crippen molar-refractivity contribution in [1.29, 1.82) is 0 Å². The molecule has 2 N–H and O–H groups in total. The number of halogens is 2. The number of carbonyl (C=O) groups excluding carboxylic acids is 1. The first-order valence-electron chi connectivity index (χ1n) is 7.36. The van der Waals surface area contributed by atoms with Crippen molar-refractivity contribution in [2.45, 2.75) is 58.7 Å². The number of hydrogen-bond donors (Lipinski definition) is 2. The zero-order valence-electron chi connectivity index (χ0n) is 13.0. The van der Waals surface area contributed by atoms with Crippen LogP contribution in [-0.4, -0.2) is 18.0 Å². The lowest BCUT2D eigenvalue weighted by Crippen LogP contribution is -2.46. The van der Waals surface area contributed by atoms with Crippen LogP contribution in [-0.2, 0) is 4.79 Å². The summed E-state index contributed by atoms with van der Waals surface area (Å²) in [6.07, 6.45) is 2.04. The molecule has 118 valence electrons. The second-order valence-electron chi connectivity index (χ2n) is 5.47. The van der Waals surface area contributed by atoms with E-state index >= 15 is 0 Å². The van der Waals surface area contributed by atoms with Crippen molar-refractivity contribution in [2.24, 2.45) is 0 Å². The van der Waals surface area contributed by atoms with Crippen LogP contribution in [0.15, 0.2) is 18.2 Å². The van der Waals surface area contributed by atoms with Gasteiger partial charge in [-0.2, -0.15) is 0 Å². The van der Waals surface area contributed by atoms with Gasteiger partial charge in [0.2, 0.25) is 5.91 Å². The second-order valence-corrected chi connectivity index (χ2v) is 6.32. The molecule has 21 heavy (non-hydrogen) atoms. The molecule has 3 nitrogen and oxygen atoms in total. The third-order valence-corrected chi connectivity index (χ3v) is 4.00. The van der Waals surface area contributed by atoms with E-state index in [9.17, 15) is 4.79 Å². The van der Waals surface area contributed by atoms with Crippen molar-refractivity contribution in [3.8, 4) is 0 Å². The van der Waals surface area contributed by atoms with Gasteiger partial charge in [-0.1, -0.05) is 42.6 Å². The van der Waals surface area contributed by atoms with Crippen LogP contribution in [0, 0.1) is 0 Å². The lowest BCUT2D eigenvalue weighted by Gasteiger charge is -2.22. The Morgan fingerprint density at radius 3 is 2.48 bits per heavy atom. The summed E-state index contributed by atoms with van der Waals surface area (Å²) >= 11 is 12.1. The highest BCUT2D eigenvalue weighted by molar-refractivity contribution is 6.35. The van der Waals surface area contributed by atoms with Gasteiger partial charge >= 0.3 is 0 Å². The molecule has 1 aromatic rings. The standard InChI is InChI=1S/C16H24Cl2N2O/c1-5-6-10(2)19-16(21)12(4)20-11(3)14-8-7-13(17)9-15(14)18/h7-12,20H,5-6H2,1-4H3,(H,19,21). The van der Waals surface area contributed by atoms with Gasteiger partial charge in [-0.05, 0) is 44.9 Å². The lowest BCUT2D eigenvalue weighted by molar-refractivity contribution is -0.123. The average Bonchev–Trinajstić information content (AvgIpc) is 2.38. The van der Waals surface area contributed by atoms with E-state index in [2.05, 4.69) is 17.6 Å². The summed E-state index contributed by atoms with van der Waals surface area (Å²) in [7, 11) is 0. The van der Waals surface area contributed by atoms with Crippen LogP contribution in [0.2, 0.25) is 10.0 Å². The van der Waals surface area contributed by atoms with Crippen LogP contribution in [0.3, 0.4) is 0 Å². The highest BCUT2D eigenvalue weighted by Crippen LogP contribution is 2.26. The Bertz CT molecular complexity index is 479. The van der Waals surface area contributed by atoms with Crippen molar-refractivity contribution in [3.63, 3.8) is 0 Å². The summed E-state index contributed by atoms with van der Waals surface area (Å²) in [6, 6.07) is 5.27. The van der Waals surface area contributed by atoms with E-state index in [4.69, 9.17) is 23.2 Å². The second kappa shape index (κ2) is 8.62. The van der Waals surface area contributed by atoms with Crippen molar-refractivity contribution in [1.82, 2.24) is 10.6 Å². The quantitative estimate of drug-likeness (QED) is 0.780. The maximum absolute atomic E-state index is 12.1. The molecule has 0 aliphatic heterocycles. The summed E-state index contributed by atoms with van der Waals surface area (Å²) in [4.78, 5) is 12.1. The summed E-state index contributed by atoms with van der Waals surface area (Å²) in [5, 5.41) is 7.48. The van der Waals surface area contributed by atoms with Crippen LogP contribution in [0.1, 0.15) is 52.1 Å². The lowest BCUT2D eigenvalue weighted by atomic mass is 10.1. The minimum atomic E-state index is -0.286. The molecule has 0 spiro atoms. The molecule has 1 rings (SSSR count). The zero-order chi connectivity index (χ0) is 16.0. The largest absolute Gasteiger partial charge is 0.352 e. The minimum absolute atomic E-state index is 0.00730. The molecule has 0 radical (unpaired) electrons. The van der Waals surface area contributed by atoms with Crippen LogP contribution >= 0.6 is 23.2 Å². The Labute approximate surface area is 137 Å². The molecular weight excluding hydrogens is 307 g/mol. The summed E-state index contributed by atoms with van der Waals surface area (Å²) < 4.78 is 0. The first-order chi connectivity index (χ1) is 9.85. The molecule has 5 heteroatoms. The molecule has 0 bridgehead atoms. The highest BCUT2D eigenvalue weighted by atomic mass is 35.5. The fourth-order valence-electron chi connectivity index (χ4n) is 2.27. The molecule has 1 aromatic carbocycles. The smallest absolute Gasteiger partial charge is 0.237 e. The van der Waals surface area contributed by atoms with Crippen LogP contribution in [0.5, 0.6) is 0 Å². The molecule has 0 aromatic heterocycles. The SMILES string of the molecule is CCCC(C)NC(=O)C(C)NC(C)c1ccc(Cl)cc1Cl. The normalized spacial score (nSPS) is 15.3. The Balaban J connectivity index is 2.60. The van der Waals surface area contributed by atoms with E-state index in [1.165, 1.54) is 0 Å². The van der Waals surface area contributed by atoms with Crippen LogP contribution in [0.25, 0.3) is 0 Å². The van der Waals surface area contributed by atoms with Gasteiger partial charge in [0.15, 0.2) is 0 Å². The average molecular weight is 331 g/mol. The number of rotatable bonds is 7. The van der Waals surface area contributed by atoms with Gasteiger partial charge in [0.1, 0.15) is 0 Å². The van der Waals surface area contributed by atoms with Gasteiger partial charge in [0.25, 0.3) is 0 Å². The van der Waals surface area contributed by atoms with Gasteiger partial charge in [-0.3, -0.25) is 10.1 Å². The molecule has 0 fully saturated rings. The fourth-order valence-corrected chi connectivity index (χ4v) is 2.84. The van der Waals surface area contributed by atoms with E-state index in [-0.39, 0.29) is 24.0 Å². The predicted molar refractivity (Wildman–Crippen MR) is 90.0 cm³/mol. The molecule has 3 unspecified atom stereocenters. The molecule has 3 atom stereocenters. The zero-order valence-corrected chi connectivity index (χ0v) is 14.6. The number of amides is 1. The van der Waals surface area contributed by atoms with Gasteiger partial charge < -0.3 is 5.32 Å². The highest BCUT2D eigenvalue weighted by Gasteiger charge is 2.19. The summed E-state index contributed by atoms with van der Waals surface area (Å²) in [5.41, 5.74) is 0.933. The first-order valence-corrected chi connectivity index (χ1v) is 8.12. The molecule has 0 saturated carbocycles. The van der Waals surface area contributed by atoms with Crippen molar-refractivity contribution < 1.29 is 4.79 Å². The molecule has 0 aliphatic carbocycles. The van der Waals surface area contributed by atoms with Crippen molar-refractivity contribution in [2.75, 3.05) is 0 Å². The molecule has 0 heterocycles. The van der Waals surface area contributed by atoms with Crippen molar-refractivity contribution in [3.05, 3.63) is 33.8 Å². The van der Waals surface area contributed by atoms with Gasteiger partial charge in [-0.15, -0.1) is 0 Å². The Morgan fingerprint density at radius 2 is 1.90 bits per heavy atom. The minimum Gasteiger partial charge on any atom is -0.352 e. The Hall–Kier alpha value is -0.770. The third kappa shape index (κ3) is 5.85. The molecule has 1 amide bonds. The molecular formula is C16H24Cl2N2O. The van der Waals surface area contributed by atoms with Crippen molar-refractivity contribution >= 4 is 29.1 Å². The number of nitrogens with one attached hydrogen (secondary N) is 2. The maximum Gasteiger partial charge on any atom is 0.237 e. The third-order valence-electron chi connectivity index (χ3n) is 3.43. The number of hydrogen-bond acceptors (Lipinski definition) is 2. The van der Waals surface area contributed by atoms with E-state index in [0.29, 0.717) is 10.0 Å². The van der Waals surface area contributed by atoms with Gasteiger partial charge in [0, 0.05) is 22.1 Å². The Kier molecular flexibility index (Phi) is 7.50. The topological polar surface area (TPSA) is 41.1 Å². The monoisotopic (exact) mass is 330 g/mol. The maximum atomic E-state index is 12.1. The van der Waals surface area contributed by atoms with Crippen LogP contribution in [0.4, 0.5) is 0 Å². The summed E-state index contributed by atoms with van der Waals surface area (Å²) in [5.74, 6) is 0.00730. The van der Waals surface area contributed by atoms with E-state index < -0.39 is 0 Å². The fraction of sp³-hybridized carbons (Fsp3) is 0.562. The van der Waals surface area contributed by atoms with E-state index in [0.717, 1.165) is 18.4 Å². The van der Waals surface area contributed by atoms with E-state index in [1.807, 2.05) is 26.8 Å². The number of benzene rings is 1.